The predicted molar refractivity (Wildman–Crippen MR) is 76.1 cm³/mol. The molecule has 20 heavy (non-hydrogen) atoms. The van der Waals surface area contributed by atoms with E-state index in [0.717, 1.165) is 4.34 Å². The maximum Gasteiger partial charge on any atom is 0.309 e. The van der Waals surface area contributed by atoms with Gasteiger partial charge in [-0.25, -0.2) is 9.37 Å². The van der Waals surface area contributed by atoms with Gasteiger partial charge in [-0.3, -0.25) is 4.79 Å². The third kappa shape index (κ3) is 4.82. The Bertz CT molecular complexity index is 571. The minimum absolute atomic E-state index is 0.0524. The molecule has 0 atom stereocenters. The molecule has 4 nitrogen and oxygen atoms in total. The summed E-state index contributed by atoms with van der Waals surface area (Å²) in [6.07, 6.45) is -0.0524. The molecule has 0 bridgehead atoms. The van der Waals surface area contributed by atoms with E-state index in [9.17, 15) is 9.18 Å². The van der Waals surface area contributed by atoms with Crippen LogP contribution < -0.4 is 4.74 Å². The van der Waals surface area contributed by atoms with Crippen LogP contribution in [0.3, 0.4) is 0 Å². The van der Waals surface area contributed by atoms with Gasteiger partial charge >= 0.3 is 5.97 Å². The number of carboxylic acid groups (broad SMARTS) is 1. The maximum absolute atomic E-state index is 12.7. The zero-order chi connectivity index (χ0) is 14.4. The molecular formula is C13H12FNO3S2. The second kappa shape index (κ2) is 7.25. The number of benzene rings is 1. The van der Waals surface area contributed by atoms with Crippen LogP contribution in [-0.4, -0.2) is 28.4 Å². The summed E-state index contributed by atoms with van der Waals surface area (Å²) in [5.74, 6) is 0.141. The fourth-order valence-corrected chi connectivity index (χ4v) is 3.14. The monoisotopic (exact) mass is 313 g/mol. The highest BCUT2D eigenvalue weighted by atomic mass is 32.2. The van der Waals surface area contributed by atoms with Crippen LogP contribution >= 0.6 is 23.1 Å². The molecule has 106 valence electrons. The van der Waals surface area contributed by atoms with E-state index in [2.05, 4.69) is 4.98 Å². The number of aromatic nitrogens is 1. The SMILES string of the molecule is O=C(O)Cc1csc(SCCOc2ccc(F)cc2)n1. The molecule has 1 aromatic carbocycles. The molecule has 0 fully saturated rings. The van der Waals surface area contributed by atoms with Crippen molar-refractivity contribution in [1.29, 1.82) is 0 Å². The van der Waals surface area contributed by atoms with Gasteiger partial charge in [-0.2, -0.15) is 0 Å². The van der Waals surface area contributed by atoms with Crippen LogP contribution in [0.1, 0.15) is 5.69 Å². The Labute approximate surface area is 123 Å². The molecule has 0 saturated heterocycles. The molecule has 1 N–H and O–H groups in total. The second-order valence-electron chi connectivity index (χ2n) is 3.83. The van der Waals surface area contributed by atoms with Gasteiger partial charge in [0.25, 0.3) is 0 Å². The lowest BCUT2D eigenvalue weighted by molar-refractivity contribution is -0.136. The summed E-state index contributed by atoms with van der Waals surface area (Å²) < 4.78 is 19.0. The average Bonchev–Trinajstić information content (AvgIpc) is 2.83. The van der Waals surface area contributed by atoms with E-state index in [-0.39, 0.29) is 12.2 Å². The number of thioether (sulfide) groups is 1. The molecule has 2 rings (SSSR count). The number of hydrogen-bond donors (Lipinski definition) is 1. The predicted octanol–water partition coefficient (Wildman–Crippen LogP) is 3.08. The molecule has 0 amide bonds. The smallest absolute Gasteiger partial charge is 0.309 e. The lowest BCUT2D eigenvalue weighted by Gasteiger charge is -2.04. The van der Waals surface area contributed by atoms with Gasteiger partial charge in [0.1, 0.15) is 15.9 Å². The van der Waals surface area contributed by atoms with Crippen LogP contribution in [0.4, 0.5) is 4.39 Å². The van der Waals surface area contributed by atoms with Crippen molar-refractivity contribution in [2.45, 2.75) is 10.8 Å². The molecule has 0 spiro atoms. The van der Waals surface area contributed by atoms with Crippen LogP contribution in [0, 0.1) is 5.82 Å². The lowest BCUT2D eigenvalue weighted by Crippen LogP contribution is -2.01. The minimum Gasteiger partial charge on any atom is -0.493 e. The third-order valence-electron chi connectivity index (χ3n) is 2.25. The van der Waals surface area contributed by atoms with Crippen LogP contribution in [-0.2, 0) is 11.2 Å². The summed E-state index contributed by atoms with van der Waals surface area (Å²) in [5, 5.41) is 10.4. The van der Waals surface area contributed by atoms with Gasteiger partial charge in [0.15, 0.2) is 0 Å². The van der Waals surface area contributed by atoms with E-state index in [0.29, 0.717) is 23.8 Å². The number of ether oxygens (including phenoxy) is 1. The van der Waals surface area contributed by atoms with Gasteiger partial charge in [0.2, 0.25) is 0 Å². The number of carbonyl (C=O) groups is 1. The van der Waals surface area contributed by atoms with Gasteiger partial charge < -0.3 is 9.84 Å². The minimum atomic E-state index is -0.883. The summed E-state index contributed by atoms with van der Waals surface area (Å²) in [6.45, 7) is 0.476. The van der Waals surface area contributed by atoms with Crippen LogP contribution in [0.15, 0.2) is 34.0 Å². The van der Waals surface area contributed by atoms with Crippen molar-refractivity contribution >= 4 is 29.1 Å². The normalized spacial score (nSPS) is 10.4. The highest BCUT2D eigenvalue weighted by Crippen LogP contribution is 2.23. The first kappa shape index (κ1) is 14.8. The fraction of sp³-hybridized carbons (Fsp3) is 0.231. The molecule has 0 aliphatic carbocycles. The molecule has 2 aromatic rings. The number of thiazole rings is 1. The maximum atomic E-state index is 12.7. The van der Waals surface area contributed by atoms with Crippen molar-refractivity contribution in [2.75, 3.05) is 12.4 Å². The Morgan fingerprint density at radius 3 is 2.85 bits per heavy atom. The first-order valence-electron chi connectivity index (χ1n) is 5.81. The largest absolute Gasteiger partial charge is 0.493 e. The Morgan fingerprint density at radius 2 is 2.15 bits per heavy atom. The Morgan fingerprint density at radius 1 is 1.40 bits per heavy atom. The van der Waals surface area contributed by atoms with Crippen molar-refractivity contribution in [2.24, 2.45) is 0 Å². The summed E-state index contributed by atoms with van der Waals surface area (Å²) in [7, 11) is 0. The lowest BCUT2D eigenvalue weighted by atomic mass is 10.3. The van der Waals surface area contributed by atoms with Gasteiger partial charge in [-0.05, 0) is 24.3 Å². The Hall–Kier alpha value is -1.60. The molecule has 0 saturated carbocycles. The number of halogens is 1. The van der Waals surface area contributed by atoms with Gasteiger partial charge in [0.05, 0.1) is 18.7 Å². The molecule has 1 aromatic heterocycles. The van der Waals surface area contributed by atoms with Crippen molar-refractivity contribution in [3.63, 3.8) is 0 Å². The molecule has 0 unspecified atom stereocenters. The second-order valence-corrected chi connectivity index (χ2v) is 6.03. The zero-order valence-corrected chi connectivity index (χ0v) is 12.0. The first-order chi connectivity index (χ1) is 9.63. The number of hydrogen-bond acceptors (Lipinski definition) is 5. The van der Waals surface area contributed by atoms with Crippen molar-refractivity contribution in [3.8, 4) is 5.75 Å². The van der Waals surface area contributed by atoms with Crippen LogP contribution in [0.25, 0.3) is 0 Å². The van der Waals surface area contributed by atoms with Crippen molar-refractivity contribution < 1.29 is 19.0 Å². The van der Waals surface area contributed by atoms with Gasteiger partial charge in [0, 0.05) is 11.1 Å². The number of aliphatic carboxylic acids is 1. The van der Waals surface area contributed by atoms with Crippen LogP contribution in [0.2, 0.25) is 0 Å². The summed E-state index contributed by atoms with van der Waals surface area (Å²) >= 11 is 2.93. The molecule has 0 aliphatic rings. The first-order valence-corrected chi connectivity index (χ1v) is 7.67. The van der Waals surface area contributed by atoms with Crippen molar-refractivity contribution in [1.82, 2.24) is 4.98 Å². The van der Waals surface area contributed by atoms with E-state index in [1.807, 2.05) is 0 Å². The Balaban J connectivity index is 1.71. The van der Waals surface area contributed by atoms with E-state index in [1.165, 1.54) is 35.2 Å². The van der Waals surface area contributed by atoms with E-state index < -0.39 is 5.97 Å². The van der Waals surface area contributed by atoms with E-state index in [1.54, 1.807) is 17.5 Å². The number of carboxylic acids is 1. The van der Waals surface area contributed by atoms with Crippen LogP contribution in [0.5, 0.6) is 5.75 Å². The van der Waals surface area contributed by atoms with Gasteiger partial charge in [-0.1, -0.05) is 11.8 Å². The van der Waals surface area contributed by atoms with E-state index >= 15 is 0 Å². The molecular weight excluding hydrogens is 301 g/mol. The third-order valence-corrected chi connectivity index (χ3v) is 4.29. The van der Waals surface area contributed by atoms with Gasteiger partial charge in [-0.15, -0.1) is 11.3 Å². The number of nitrogens with zero attached hydrogens (tertiary/aromatic N) is 1. The zero-order valence-electron chi connectivity index (χ0n) is 10.4. The molecule has 1 heterocycles. The van der Waals surface area contributed by atoms with E-state index in [4.69, 9.17) is 9.84 Å². The molecule has 0 aliphatic heterocycles. The molecule has 7 heteroatoms. The topological polar surface area (TPSA) is 59.4 Å². The van der Waals surface area contributed by atoms with Crippen molar-refractivity contribution in [3.05, 3.63) is 41.2 Å². The number of rotatable bonds is 7. The highest BCUT2D eigenvalue weighted by Gasteiger charge is 2.06. The standard InChI is InChI=1S/C13H12FNO3S2/c14-9-1-3-11(4-2-9)18-5-6-19-13-15-10(8-20-13)7-12(16)17/h1-4,8H,5-7H2,(H,16,17). The summed E-state index contributed by atoms with van der Waals surface area (Å²) in [4.78, 5) is 14.7. The summed E-state index contributed by atoms with van der Waals surface area (Å²) in [5.41, 5.74) is 0.574. The highest BCUT2D eigenvalue weighted by molar-refractivity contribution is 8.01. The summed E-state index contributed by atoms with van der Waals surface area (Å²) in [6, 6.07) is 5.85. The quantitative estimate of drug-likeness (QED) is 0.629. The molecule has 0 radical (unpaired) electrons. The Kier molecular flexibility index (Phi) is 5.37. The fourth-order valence-electron chi connectivity index (χ4n) is 1.41. The average molecular weight is 313 g/mol.